The second-order valence-electron chi connectivity index (χ2n) is 7.32. The van der Waals surface area contributed by atoms with Crippen LogP contribution in [-0.4, -0.2) is 13.0 Å². The average molecular weight is 407 g/mol. The number of fused-ring (bicyclic) bond motifs is 1. The van der Waals surface area contributed by atoms with Gasteiger partial charge in [0.2, 0.25) is 0 Å². The quantitative estimate of drug-likeness (QED) is 0.496. The standard InChI is InChI=1S/C23H21NO4S/c1-16-10-17(2)12-19(11-16)15-29(26,27)20-8-9-21-22(13-20)28-23(25)24(21)14-18-6-4-3-5-7-18/h3-13H,14-15H2,1-2H3. The number of nitrogens with zero attached hydrogens (tertiary/aromatic N) is 1. The predicted molar refractivity (Wildman–Crippen MR) is 113 cm³/mol. The van der Waals surface area contributed by atoms with Gasteiger partial charge in [-0.2, -0.15) is 0 Å². The van der Waals surface area contributed by atoms with E-state index >= 15 is 0 Å². The van der Waals surface area contributed by atoms with E-state index in [-0.39, 0.29) is 16.2 Å². The third-order valence-corrected chi connectivity index (χ3v) is 6.51. The molecule has 0 aliphatic carbocycles. The van der Waals surface area contributed by atoms with Gasteiger partial charge >= 0.3 is 5.76 Å². The van der Waals surface area contributed by atoms with Crippen LogP contribution in [0.3, 0.4) is 0 Å². The van der Waals surface area contributed by atoms with E-state index in [0.29, 0.717) is 12.1 Å². The van der Waals surface area contributed by atoms with Crippen LogP contribution >= 0.6 is 0 Å². The third-order valence-electron chi connectivity index (χ3n) is 4.82. The number of oxazole rings is 1. The SMILES string of the molecule is Cc1cc(C)cc(CS(=O)(=O)c2ccc3c(c2)oc(=O)n3Cc2ccccc2)c1. The van der Waals surface area contributed by atoms with Crippen molar-refractivity contribution in [2.24, 2.45) is 0 Å². The van der Waals surface area contributed by atoms with E-state index in [9.17, 15) is 13.2 Å². The first-order valence-electron chi connectivity index (χ1n) is 9.29. The third kappa shape index (κ3) is 4.03. The van der Waals surface area contributed by atoms with Crippen molar-refractivity contribution in [3.63, 3.8) is 0 Å². The van der Waals surface area contributed by atoms with Crippen LogP contribution in [0.25, 0.3) is 11.1 Å². The maximum Gasteiger partial charge on any atom is 0.420 e. The van der Waals surface area contributed by atoms with Gasteiger partial charge in [0.15, 0.2) is 15.4 Å². The Morgan fingerprint density at radius 3 is 2.24 bits per heavy atom. The van der Waals surface area contributed by atoms with Gasteiger partial charge in [-0.3, -0.25) is 4.57 Å². The number of aromatic nitrogens is 1. The fourth-order valence-corrected chi connectivity index (χ4v) is 4.95. The summed E-state index contributed by atoms with van der Waals surface area (Å²) in [6.45, 7) is 4.25. The number of sulfone groups is 1. The molecule has 4 aromatic rings. The molecule has 1 aromatic heterocycles. The molecule has 0 bridgehead atoms. The number of aryl methyl sites for hydroxylation is 2. The van der Waals surface area contributed by atoms with E-state index in [1.54, 1.807) is 6.07 Å². The molecule has 0 unspecified atom stereocenters. The summed E-state index contributed by atoms with van der Waals surface area (Å²) in [6.07, 6.45) is 0. The molecule has 4 rings (SSSR count). The molecule has 5 nitrogen and oxygen atoms in total. The van der Waals surface area contributed by atoms with E-state index < -0.39 is 15.6 Å². The maximum absolute atomic E-state index is 12.9. The lowest BCUT2D eigenvalue weighted by Gasteiger charge is -2.07. The summed E-state index contributed by atoms with van der Waals surface area (Å²) in [4.78, 5) is 12.5. The molecular weight excluding hydrogens is 386 g/mol. The molecule has 0 fully saturated rings. The molecule has 0 aliphatic rings. The first-order chi connectivity index (χ1) is 13.8. The molecule has 1 heterocycles. The van der Waals surface area contributed by atoms with Gasteiger partial charge < -0.3 is 4.42 Å². The van der Waals surface area contributed by atoms with Gasteiger partial charge in [0, 0.05) is 6.07 Å². The molecule has 0 saturated carbocycles. The Labute approximate surface area is 169 Å². The Bertz CT molecular complexity index is 1330. The summed E-state index contributed by atoms with van der Waals surface area (Å²) < 4.78 is 32.7. The van der Waals surface area contributed by atoms with Gasteiger partial charge in [-0.15, -0.1) is 0 Å². The van der Waals surface area contributed by atoms with Gasteiger partial charge in [0.05, 0.1) is 22.7 Å². The predicted octanol–water partition coefficient (Wildman–Crippen LogP) is 4.23. The summed E-state index contributed by atoms with van der Waals surface area (Å²) in [5.74, 6) is -0.608. The number of hydrogen-bond donors (Lipinski definition) is 0. The van der Waals surface area contributed by atoms with Gasteiger partial charge in [0.25, 0.3) is 0 Å². The van der Waals surface area contributed by atoms with Crippen molar-refractivity contribution in [1.82, 2.24) is 4.57 Å². The van der Waals surface area contributed by atoms with Gasteiger partial charge in [-0.05, 0) is 37.1 Å². The van der Waals surface area contributed by atoms with Crippen molar-refractivity contribution in [2.75, 3.05) is 0 Å². The van der Waals surface area contributed by atoms with E-state index in [0.717, 1.165) is 22.3 Å². The van der Waals surface area contributed by atoms with Gasteiger partial charge in [-0.1, -0.05) is 59.7 Å². The highest BCUT2D eigenvalue weighted by Crippen LogP contribution is 2.23. The Morgan fingerprint density at radius 1 is 0.862 bits per heavy atom. The number of benzene rings is 3. The summed E-state index contributed by atoms with van der Waals surface area (Å²) >= 11 is 0. The first kappa shape index (κ1) is 19.2. The molecule has 0 spiro atoms. The van der Waals surface area contributed by atoms with Crippen molar-refractivity contribution in [3.8, 4) is 0 Å². The minimum atomic E-state index is -3.57. The van der Waals surface area contributed by atoms with Gasteiger partial charge in [-0.25, -0.2) is 13.2 Å². The van der Waals surface area contributed by atoms with Crippen molar-refractivity contribution in [1.29, 1.82) is 0 Å². The van der Waals surface area contributed by atoms with Crippen molar-refractivity contribution in [3.05, 3.63) is 99.5 Å². The normalized spacial score (nSPS) is 11.8. The van der Waals surface area contributed by atoms with Gasteiger partial charge in [0.1, 0.15) is 0 Å². The monoisotopic (exact) mass is 407 g/mol. The Morgan fingerprint density at radius 2 is 1.55 bits per heavy atom. The van der Waals surface area contributed by atoms with Crippen molar-refractivity contribution < 1.29 is 12.8 Å². The van der Waals surface area contributed by atoms with Crippen LogP contribution < -0.4 is 5.76 Å². The molecule has 148 valence electrons. The molecule has 3 aromatic carbocycles. The molecule has 0 radical (unpaired) electrons. The summed E-state index contributed by atoms with van der Waals surface area (Å²) in [6, 6.07) is 19.9. The maximum atomic E-state index is 12.9. The molecule has 0 atom stereocenters. The van der Waals surface area contributed by atoms with Crippen LogP contribution in [-0.2, 0) is 22.1 Å². The average Bonchev–Trinajstić information content (AvgIpc) is 2.96. The Kier molecular flexibility index (Phi) is 4.88. The second-order valence-corrected chi connectivity index (χ2v) is 9.31. The molecule has 0 saturated heterocycles. The number of hydrogen-bond acceptors (Lipinski definition) is 4. The lowest BCUT2D eigenvalue weighted by Crippen LogP contribution is -2.14. The summed E-state index contributed by atoms with van der Waals surface area (Å²) in [7, 11) is -3.57. The lowest BCUT2D eigenvalue weighted by molar-refractivity contribution is 0.517. The van der Waals surface area contributed by atoms with Crippen LogP contribution in [0.1, 0.15) is 22.3 Å². The van der Waals surface area contributed by atoms with E-state index in [1.807, 2.05) is 62.4 Å². The molecular formula is C23H21NO4S. The molecule has 6 heteroatoms. The van der Waals surface area contributed by atoms with Crippen LogP contribution in [0.2, 0.25) is 0 Å². The zero-order valence-corrected chi connectivity index (χ0v) is 17.1. The zero-order valence-electron chi connectivity index (χ0n) is 16.3. The lowest BCUT2D eigenvalue weighted by atomic mass is 10.1. The largest absolute Gasteiger partial charge is 0.420 e. The second kappa shape index (κ2) is 7.37. The van der Waals surface area contributed by atoms with Crippen molar-refractivity contribution >= 4 is 20.9 Å². The minimum Gasteiger partial charge on any atom is -0.408 e. The smallest absolute Gasteiger partial charge is 0.408 e. The summed E-state index contributed by atoms with van der Waals surface area (Å²) in [5.41, 5.74) is 4.59. The topological polar surface area (TPSA) is 69.3 Å². The molecule has 29 heavy (non-hydrogen) atoms. The van der Waals surface area contributed by atoms with Crippen LogP contribution in [0, 0.1) is 13.8 Å². The zero-order chi connectivity index (χ0) is 20.6. The first-order valence-corrected chi connectivity index (χ1v) is 10.9. The Hall–Kier alpha value is -3.12. The van der Waals surface area contributed by atoms with E-state index in [2.05, 4.69) is 0 Å². The van der Waals surface area contributed by atoms with Crippen LogP contribution in [0.4, 0.5) is 0 Å². The fraction of sp³-hybridized carbons (Fsp3) is 0.174. The number of rotatable bonds is 5. The highest BCUT2D eigenvalue weighted by Gasteiger charge is 2.19. The minimum absolute atomic E-state index is 0.101. The molecule has 0 aliphatic heterocycles. The molecule has 0 amide bonds. The fourth-order valence-electron chi connectivity index (χ4n) is 3.61. The molecule has 0 N–H and O–H groups in total. The van der Waals surface area contributed by atoms with E-state index in [1.165, 1.54) is 16.7 Å². The Balaban J connectivity index is 1.69. The van der Waals surface area contributed by atoms with Crippen LogP contribution in [0.15, 0.2) is 80.8 Å². The highest BCUT2D eigenvalue weighted by atomic mass is 32.2. The summed E-state index contributed by atoms with van der Waals surface area (Å²) in [5, 5.41) is 0. The van der Waals surface area contributed by atoms with E-state index in [4.69, 9.17) is 4.42 Å². The highest BCUT2D eigenvalue weighted by molar-refractivity contribution is 7.90. The van der Waals surface area contributed by atoms with Crippen LogP contribution in [0.5, 0.6) is 0 Å². The van der Waals surface area contributed by atoms with Crippen molar-refractivity contribution in [2.45, 2.75) is 31.0 Å².